The molecule has 0 spiro atoms. The van der Waals surface area contributed by atoms with Crippen LogP contribution < -0.4 is 10.6 Å². The molecule has 1 heterocycles. The largest absolute Gasteiger partial charge is 0.352 e. The van der Waals surface area contributed by atoms with Crippen LogP contribution >= 0.6 is 0 Å². The number of rotatable bonds is 2. The van der Waals surface area contributed by atoms with Crippen LogP contribution in [-0.2, 0) is 4.79 Å². The molecule has 1 saturated heterocycles. The molecule has 0 aromatic heterocycles. The zero-order valence-electron chi connectivity index (χ0n) is 10.1. The number of hydrogen-bond donors (Lipinski definition) is 2. The van der Waals surface area contributed by atoms with Crippen molar-refractivity contribution in [3.63, 3.8) is 0 Å². The van der Waals surface area contributed by atoms with E-state index >= 15 is 0 Å². The summed E-state index contributed by atoms with van der Waals surface area (Å²) in [5.41, 5.74) is 0. The predicted molar refractivity (Wildman–Crippen MR) is 65.3 cm³/mol. The second-order valence-corrected chi connectivity index (χ2v) is 5.20. The smallest absolute Gasteiger partial charge is 0.237 e. The van der Waals surface area contributed by atoms with Gasteiger partial charge in [0.25, 0.3) is 0 Å². The lowest BCUT2D eigenvalue weighted by molar-refractivity contribution is -0.124. The standard InChI is InChI=1S/C13H24N2O/c16-13(12-9-5-6-10-14-12)15-11-7-3-1-2-4-8-11/h11-12,14H,1-10H2,(H,15,16)/t12-/m1/s1. The first-order valence-corrected chi connectivity index (χ1v) is 6.90. The van der Waals surface area contributed by atoms with Crippen LogP contribution in [0.15, 0.2) is 0 Å². The lowest BCUT2D eigenvalue weighted by Gasteiger charge is -2.25. The Balaban J connectivity index is 1.76. The van der Waals surface area contributed by atoms with Gasteiger partial charge in [-0.2, -0.15) is 0 Å². The summed E-state index contributed by atoms with van der Waals surface area (Å²) in [6.07, 6.45) is 11.0. The van der Waals surface area contributed by atoms with Gasteiger partial charge in [0.15, 0.2) is 0 Å². The van der Waals surface area contributed by atoms with Gasteiger partial charge < -0.3 is 10.6 Å². The molecule has 0 radical (unpaired) electrons. The van der Waals surface area contributed by atoms with Crippen LogP contribution in [0.2, 0.25) is 0 Å². The summed E-state index contributed by atoms with van der Waals surface area (Å²) in [5.74, 6) is 0.242. The monoisotopic (exact) mass is 224 g/mol. The molecular weight excluding hydrogens is 200 g/mol. The zero-order valence-corrected chi connectivity index (χ0v) is 10.1. The summed E-state index contributed by atoms with van der Waals surface area (Å²) in [6, 6.07) is 0.524. The van der Waals surface area contributed by atoms with Crippen LogP contribution in [0.25, 0.3) is 0 Å². The highest BCUT2D eigenvalue weighted by atomic mass is 16.2. The summed E-state index contributed by atoms with van der Waals surface area (Å²) >= 11 is 0. The molecule has 2 fully saturated rings. The fraction of sp³-hybridized carbons (Fsp3) is 0.923. The predicted octanol–water partition coefficient (Wildman–Crippen LogP) is 1.97. The minimum Gasteiger partial charge on any atom is -0.352 e. The van der Waals surface area contributed by atoms with Crippen molar-refractivity contribution in [2.45, 2.75) is 69.9 Å². The fourth-order valence-electron chi connectivity index (χ4n) is 2.80. The van der Waals surface area contributed by atoms with Crippen LogP contribution in [0.1, 0.15) is 57.8 Å². The van der Waals surface area contributed by atoms with E-state index in [2.05, 4.69) is 10.6 Å². The Morgan fingerprint density at radius 3 is 2.25 bits per heavy atom. The summed E-state index contributed by atoms with van der Waals surface area (Å²) in [4.78, 5) is 12.0. The maximum absolute atomic E-state index is 12.0. The molecule has 0 aromatic carbocycles. The lowest BCUT2D eigenvalue weighted by Crippen LogP contribution is -2.49. The number of hydrogen-bond acceptors (Lipinski definition) is 2. The van der Waals surface area contributed by atoms with Crippen molar-refractivity contribution in [3.8, 4) is 0 Å². The van der Waals surface area contributed by atoms with E-state index in [1.807, 2.05) is 0 Å². The van der Waals surface area contributed by atoms with E-state index in [-0.39, 0.29) is 11.9 Å². The van der Waals surface area contributed by atoms with Crippen LogP contribution in [-0.4, -0.2) is 24.5 Å². The quantitative estimate of drug-likeness (QED) is 0.704. The third kappa shape index (κ3) is 3.48. The molecule has 1 atom stereocenters. The Labute approximate surface area is 98.4 Å². The fourth-order valence-corrected chi connectivity index (χ4v) is 2.80. The number of nitrogens with one attached hydrogen (secondary N) is 2. The summed E-state index contributed by atoms with van der Waals surface area (Å²) in [6.45, 7) is 1.00. The maximum Gasteiger partial charge on any atom is 0.237 e. The molecule has 2 aliphatic rings. The molecule has 1 saturated carbocycles. The minimum absolute atomic E-state index is 0.0806. The van der Waals surface area contributed by atoms with E-state index in [9.17, 15) is 4.79 Å². The molecule has 2 N–H and O–H groups in total. The maximum atomic E-state index is 12.0. The van der Waals surface area contributed by atoms with Gasteiger partial charge in [-0.25, -0.2) is 0 Å². The topological polar surface area (TPSA) is 41.1 Å². The second-order valence-electron chi connectivity index (χ2n) is 5.20. The Morgan fingerprint density at radius 2 is 1.62 bits per heavy atom. The Kier molecular flexibility index (Phi) is 4.64. The van der Waals surface area contributed by atoms with Crippen LogP contribution in [0.3, 0.4) is 0 Å². The first-order valence-electron chi connectivity index (χ1n) is 6.90. The van der Waals surface area contributed by atoms with E-state index in [1.54, 1.807) is 0 Å². The van der Waals surface area contributed by atoms with Gasteiger partial charge in [0, 0.05) is 6.04 Å². The van der Waals surface area contributed by atoms with Crippen LogP contribution in [0.4, 0.5) is 0 Å². The van der Waals surface area contributed by atoms with Gasteiger partial charge in [-0.15, -0.1) is 0 Å². The molecule has 0 unspecified atom stereocenters. The minimum atomic E-state index is 0.0806. The molecule has 3 nitrogen and oxygen atoms in total. The normalized spacial score (nSPS) is 28.4. The molecular formula is C13H24N2O. The SMILES string of the molecule is O=C(NC1CCCCCC1)[C@H]1CCCCN1. The average molecular weight is 224 g/mol. The third-order valence-electron chi connectivity index (χ3n) is 3.83. The molecule has 1 aliphatic carbocycles. The van der Waals surface area contributed by atoms with Gasteiger partial charge in [0.1, 0.15) is 0 Å². The van der Waals surface area contributed by atoms with E-state index in [0.29, 0.717) is 6.04 Å². The third-order valence-corrected chi connectivity index (χ3v) is 3.83. The lowest BCUT2D eigenvalue weighted by atomic mass is 10.0. The van der Waals surface area contributed by atoms with Crippen molar-refractivity contribution < 1.29 is 4.79 Å². The van der Waals surface area contributed by atoms with Crippen molar-refractivity contribution in [1.82, 2.24) is 10.6 Å². The van der Waals surface area contributed by atoms with E-state index in [1.165, 1.54) is 51.4 Å². The molecule has 3 heteroatoms. The Morgan fingerprint density at radius 1 is 0.938 bits per heavy atom. The average Bonchev–Trinajstić information content (AvgIpc) is 2.59. The van der Waals surface area contributed by atoms with Gasteiger partial charge in [-0.3, -0.25) is 4.79 Å². The zero-order chi connectivity index (χ0) is 11.2. The van der Waals surface area contributed by atoms with Gasteiger partial charge in [-0.05, 0) is 32.2 Å². The molecule has 0 bridgehead atoms. The number of piperidine rings is 1. The Hall–Kier alpha value is -0.570. The van der Waals surface area contributed by atoms with Crippen molar-refractivity contribution in [2.75, 3.05) is 6.54 Å². The summed E-state index contributed by atoms with van der Waals surface area (Å²) in [7, 11) is 0. The number of carbonyl (C=O) groups is 1. The van der Waals surface area contributed by atoms with Gasteiger partial charge >= 0.3 is 0 Å². The molecule has 16 heavy (non-hydrogen) atoms. The van der Waals surface area contributed by atoms with Crippen LogP contribution in [0.5, 0.6) is 0 Å². The molecule has 2 rings (SSSR count). The highest BCUT2D eigenvalue weighted by Gasteiger charge is 2.23. The highest BCUT2D eigenvalue weighted by molar-refractivity contribution is 5.82. The molecule has 92 valence electrons. The van der Waals surface area contributed by atoms with Crippen molar-refractivity contribution >= 4 is 5.91 Å². The molecule has 1 amide bonds. The number of amides is 1. The van der Waals surface area contributed by atoms with Crippen LogP contribution in [0, 0.1) is 0 Å². The molecule has 0 aromatic rings. The molecule has 1 aliphatic heterocycles. The van der Waals surface area contributed by atoms with E-state index in [0.717, 1.165) is 13.0 Å². The van der Waals surface area contributed by atoms with Crippen molar-refractivity contribution in [1.29, 1.82) is 0 Å². The van der Waals surface area contributed by atoms with Crippen molar-refractivity contribution in [2.24, 2.45) is 0 Å². The Bertz CT molecular complexity index is 216. The second kappa shape index (κ2) is 6.24. The van der Waals surface area contributed by atoms with Gasteiger partial charge in [0.2, 0.25) is 5.91 Å². The first kappa shape index (κ1) is 11.9. The van der Waals surface area contributed by atoms with Crippen molar-refractivity contribution in [3.05, 3.63) is 0 Å². The van der Waals surface area contributed by atoms with E-state index in [4.69, 9.17) is 0 Å². The van der Waals surface area contributed by atoms with E-state index < -0.39 is 0 Å². The number of carbonyl (C=O) groups excluding carboxylic acids is 1. The van der Waals surface area contributed by atoms with Gasteiger partial charge in [0.05, 0.1) is 6.04 Å². The summed E-state index contributed by atoms with van der Waals surface area (Å²) < 4.78 is 0. The van der Waals surface area contributed by atoms with Gasteiger partial charge in [-0.1, -0.05) is 32.1 Å². The first-order chi connectivity index (χ1) is 7.86. The summed E-state index contributed by atoms with van der Waals surface area (Å²) in [5, 5.41) is 6.54. The highest BCUT2D eigenvalue weighted by Crippen LogP contribution is 2.17.